The van der Waals surface area contributed by atoms with Gasteiger partial charge in [-0.15, -0.1) is 0 Å². The number of hydrogen-bond donors (Lipinski definition) is 4. The SMILES string of the molecule is COC(=O)c1nc(C(=O)NC(C(C)C)C(C)C)ccc1-c1ccc(OC)nc1C(=O)Nc1ccc(C(=N)N)cc1. The summed E-state index contributed by atoms with van der Waals surface area (Å²) < 4.78 is 10.2. The lowest BCUT2D eigenvalue weighted by Gasteiger charge is -2.26. The van der Waals surface area contributed by atoms with E-state index in [-0.39, 0.29) is 57.8 Å². The topological polar surface area (TPSA) is 169 Å². The average Bonchev–Trinajstić information content (AvgIpc) is 2.94. The Balaban J connectivity index is 2.05. The number of methoxy groups -OCH3 is 2. The van der Waals surface area contributed by atoms with Crippen molar-refractivity contribution < 1.29 is 23.9 Å². The summed E-state index contributed by atoms with van der Waals surface area (Å²) in [6.07, 6.45) is 0. The molecule has 40 heavy (non-hydrogen) atoms. The van der Waals surface area contributed by atoms with Crippen molar-refractivity contribution in [1.29, 1.82) is 5.41 Å². The number of nitrogens with one attached hydrogen (secondary N) is 3. The predicted molar refractivity (Wildman–Crippen MR) is 152 cm³/mol. The third-order valence-corrected chi connectivity index (χ3v) is 6.28. The van der Waals surface area contributed by atoms with Crippen molar-refractivity contribution in [3.8, 4) is 17.0 Å². The first-order valence-electron chi connectivity index (χ1n) is 12.7. The zero-order valence-corrected chi connectivity index (χ0v) is 23.4. The lowest BCUT2D eigenvalue weighted by molar-refractivity contribution is 0.0594. The number of benzene rings is 1. The molecule has 0 saturated carbocycles. The van der Waals surface area contributed by atoms with E-state index in [9.17, 15) is 14.4 Å². The van der Waals surface area contributed by atoms with Crippen LogP contribution < -0.4 is 21.1 Å². The number of hydrogen-bond acceptors (Lipinski definition) is 8. The number of nitrogens with zero attached hydrogens (tertiary/aromatic N) is 2. The standard InChI is InChI=1S/C29H34N6O5/c1-15(2)23(16(3)4)35-27(36)21-13-11-20(25(33-21)29(38)40-6)19-12-14-22(39-5)34-24(19)28(37)32-18-9-7-17(8-10-18)26(30)31/h7-16,23H,1-6H3,(H3,30,31)(H,32,37)(H,35,36). The Morgan fingerprint density at radius 1 is 0.825 bits per heavy atom. The molecule has 3 rings (SSSR count). The number of nitrogens with two attached hydrogens (primary N) is 1. The number of amidine groups is 1. The molecule has 11 heteroatoms. The van der Waals surface area contributed by atoms with E-state index >= 15 is 0 Å². The smallest absolute Gasteiger partial charge is 0.357 e. The maximum absolute atomic E-state index is 13.4. The summed E-state index contributed by atoms with van der Waals surface area (Å²) in [6, 6.07) is 12.5. The first-order valence-corrected chi connectivity index (χ1v) is 12.7. The van der Waals surface area contributed by atoms with Crippen LogP contribution in [-0.2, 0) is 4.74 Å². The number of pyridine rings is 2. The van der Waals surface area contributed by atoms with E-state index in [1.165, 1.54) is 26.4 Å². The van der Waals surface area contributed by atoms with Crippen LogP contribution in [0.4, 0.5) is 5.69 Å². The highest BCUT2D eigenvalue weighted by atomic mass is 16.5. The second-order valence-corrected chi connectivity index (χ2v) is 9.77. The van der Waals surface area contributed by atoms with Crippen LogP contribution in [0.2, 0.25) is 0 Å². The van der Waals surface area contributed by atoms with Crippen molar-refractivity contribution in [2.45, 2.75) is 33.7 Å². The van der Waals surface area contributed by atoms with E-state index in [2.05, 4.69) is 20.6 Å². The van der Waals surface area contributed by atoms with Gasteiger partial charge >= 0.3 is 5.97 Å². The fourth-order valence-corrected chi connectivity index (χ4v) is 4.25. The fourth-order valence-electron chi connectivity index (χ4n) is 4.25. The Hall–Kier alpha value is -4.80. The second-order valence-electron chi connectivity index (χ2n) is 9.77. The minimum Gasteiger partial charge on any atom is -0.481 e. The molecule has 11 nitrogen and oxygen atoms in total. The number of nitrogen functional groups attached to an aromatic ring is 1. The van der Waals surface area contributed by atoms with Gasteiger partial charge in [-0.2, -0.15) is 0 Å². The van der Waals surface area contributed by atoms with Gasteiger partial charge in [-0.1, -0.05) is 27.7 Å². The van der Waals surface area contributed by atoms with Crippen molar-refractivity contribution in [2.75, 3.05) is 19.5 Å². The zero-order valence-electron chi connectivity index (χ0n) is 23.4. The molecule has 1 aromatic carbocycles. The number of carbonyl (C=O) groups excluding carboxylic acids is 3. The van der Waals surface area contributed by atoms with E-state index in [0.717, 1.165) is 0 Å². The molecule has 0 saturated heterocycles. The van der Waals surface area contributed by atoms with Crippen molar-refractivity contribution in [3.05, 3.63) is 71.2 Å². The number of aromatic nitrogens is 2. The number of anilines is 1. The van der Waals surface area contributed by atoms with Crippen LogP contribution in [0.25, 0.3) is 11.1 Å². The van der Waals surface area contributed by atoms with Crippen LogP contribution in [-0.4, -0.2) is 53.8 Å². The van der Waals surface area contributed by atoms with Gasteiger partial charge in [-0.3, -0.25) is 15.0 Å². The number of rotatable bonds is 10. The molecule has 0 unspecified atom stereocenters. The monoisotopic (exact) mass is 546 g/mol. The van der Waals surface area contributed by atoms with Gasteiger partial charge in [0, 0.05) is 34.5 Å². The molecule has 2 heterocycles. The number of carbonyl (C=O) groups is 3. The third kappa shape index (κ3) is 6.79. The quantitative estimate of drug-likeness (QED) is 0.169. The van der Waals surface area contributed by atoms with Gasteiger partial charge in [0.05, 0.1) is 14.2 Å². The molecule has 2 aromatic heterocycles. The van der Waals surface area contributed by atoms with Gasteiger partial charge in [0.1, 0.15) is 17.2 Å². The molecule has 0 fully saturated rings. The highest BCUT2D eigenvalue weighted by Crippen LogP contribution is 2.29. The molecule has 5 N–H and O–H groups in total. The zero-order chi connectivity index (χ0) is 29.6. The van der Waals surface area contributed by atoms with Gasteiger partial charge in [-0.25, -0.2) is 14.8 Å². The molecule has 0 atom stereocenters. The van der Waals surface area contributed by atoms with Gasteiger partial charge in [0.25, 0.3) is 11.8 Å². The fraction of sp³-hybridized carbons (Fsp3) is 0.310. The summed E-state index contributed by atoms with van der Waals surface area (Å²) in [4.78, 5) is 47.9. The number of amides is 2. The van der Waals surface area contributed by atoms with E-state index in [1.807, 2.05) is 27.7 Å². The molecule has 0 bridgehead atoms. The molecule has 2 amide bonds. The van der Waals surface area contributed by atoms with Crippen LogP contribution in [0.1, 0.15) is 64.7 Å². The van der Waals surface area contributed by atoms with Crippen molar-refractivity contribution in [2.24, 2.45) is 17.6 Å². The molecule has 0 spiro atoms. The summed E-state index contributed by atoms with van der Waals surface area (Å²) in [5.74, 6) is -1.34. The molecule has 210 valence electrons. The Labute approximate surface area is 233 Å². The minimum absolute atomic E-state index is 0.0356. The van der Waals surface area contributed by atoms with Gasteiger partial charge in [-0.05, 0) is 54.3 Å². The summed E-state index contributed by atoms with van der Waals surface area (Å²) in [7, 11) is 2.62. The minimum atomic E-state index is -0.782. The summed E-state index contributed by atoms with van der Waals surface area (Å²) in [5.41, 5.74) is 6.82. The molecule has 0 radical (unpaired) electrons. The largest absolute Gasteiger partial charge is 0.481 e. The molecular weight excluding hydrogens is 512 g/mol. The summed E-state index contributed by atoms with van der Waals surface area (Å²) >= 11 is 0. The molecular formula is C29H34N6O5. The van der Waals surface area contributed by atoms with Crippen LogP contribution in [0.5, 0.6) is 5.88 Å². The Morgan fingerprint density at radius 2 is 1.43 bits per heavy atom. The lowest BCUT2D eigenvalue weighted by atomic mass is 9.93. The van der Waals surface area contributed by atoms with E-state index in [4.69, 9.17) is 20.6 Å². The Bertz CT molecular complexity index is 1410. The molecule has 0 aliphatic rings. The number of ether oxygens (including phenoxy) is 2. The highest BCUT2D eigenvalue weighted by Gasteiger charge is 2.26. The molecule has 0 aliphatic heterocycles. The van der Waals surface area contributed by atoms with Crippen LogP contribution in [0, 0.1) is 17.2 Å². The Morgan fingerprint density at radius 3 is 1.98 bits per heavy atom. The van der Waals surface area contributed by atoms with E-state index in [0.29, 0.717) is 11.3 Å². The van der Waals surface area contributed by atoms with Gasteiger partial charge in [0.2, 0.25) is 5.88 Å². The second kappa shape index (κ2) is 12.8. The normalized spacial score (nSPS) is 10.9. The van der Waals surface area contributed by atoms with Crippen molar-refractivity contribution in [1.82, 2.24) is 15.3 Å². The van der Waals surface area contributed by atoms with Crippen molar-refractivity contribution in [3.63, 3.8) is 0 Å². The van der Waals surface area contributed by atoms with Crippen LogP contribution in [0.15, 0.2) is 48.5 Å². The van der Waals surface area contributed by atoms with Crippen molar-refractivity contribution >= 4 is 29.3 Å². The number of esters is 1. The van der Waals surface area contributed by atoms with Gasteiger partial charge < -0.3 is 25.8 Å². The average molecular weight is 547 g/mol. The third-order valence-electron chi connectivity index (χ3n) is 6.28. The van der Waals surface area contributed by atoms with Crippen LogP contribution >= 0.6 is 0 Å². The Kier molecular flexibility index (Phi) is 9.54. The maximum Gasteiger partial charge on any atom is 0.357 e. The summed E-state index contributed by atoms with van der Waals surface area (Å²) in [6.45, 7) is 8.06. The van der Waals surface area contributed by atoms with Gasteiger partial charge in [0.15, 0.2) is 5.69 Å². The predicted octanol–water partition coefficient (Wildman–Crippen LogP) is 3.89. The first-order chi connectivity index (χ1) is 19.0. The highest BCUT2D eigenvalue weighted by molar-refractivity contribution is 6.09. The van der Waals surface area contributed by atoms with Crippen LogP contribution in [0.3, 0.4) is 0 Å². The molecule has 3 aromatic rings. The van der Waals surface area contributed by atoms with E-state index < -0.39 is 17.8 Å². The summed E-state index contributed by atoms with van der Waals surface area (Å²) in [5, 5.41) is 13.3. The lowest BCUT2D eigenvalue weighted by Crippen LogP contribution is -2.42. The molecule has 0 aliphatic carbocycles. The van der Waals surface area contributed by atoms with E-state index in [1.54, 1.807) is 36.4 Å². The maximum atomic E-state index is 13.4. The first kappa shape index (κ1) is 29.8.